The molecule has 1 N–H and O–H groups in total. The van der Waals surface area contributed by atoms with E-state index in [2.05, 4.69) is 35.9 Å². The number of benzene rings is 1. The van der Waals surface area contributed by atoms with Gasteiger partial charge in [0.15, 0.2) is 0 Å². The average molecular weight is 497 g/mol. The van der Waals surface area contributed by atoms with Gasteiger partial charge >= 0.3 is 5.97 Å². The zero-order valence-corrected chi connectivity index (χ0v) is 20.7. The first-order chi connectivity index (χ1) is 17.5. The van der Waals surface area contributed by atoms with Crippen LogP contribution in [0.25, 0.3) is 44.1 Å². The van der Waals surface area contributed by atoms with Gasteiger partial charge in [0.1, 0.15) is 16.0 Å². The maximum Gasteiger partial charge on any atom is 0.350 e. The van der Waals surface area contributed by atoms with Gasteiger partial charge in [-0.3, -0.25) is 9.97 Å². The molecule has 9 heteroatoms. The number of thiazole rings is 1. The minimum atomic E-state index is -0.314. The fourth-order valence-electron chi connectivity index (χ4n) is 4.49. The van der Waals surface area contributed by atoms with Gasteiger partial charge in [0.2, 0.25) is 0 Å². The summed E-state index contributed by atoms with van der Waals surface area (Å²) in [5.41, 5.74) is 6.19. The highest BCUT2D eigenvalue weighted by Gasteiger charge is 2.24. The van der Waals surface area contributed by atoms with Gasteiger partial charge in [-0.1, -0.05) is 12.1 Å². The number of carbonyl (C=O) groups is 1. The first kappa shape index (κ1) is 22.5. The molecule has 0 spiro atoms. The molecule has 0 saturated carbocycles. The van der Waals surface area contributed by atoms with Gasteiger partial charge in [0.25, 0.3) is 0 Å². The van der Waals surface area contributed by atoms with Crippen molar-refractivity contribution in [1.82, 2.24) is 29.8 Å². The maximum absolute atomic E-state index is 12.6. The van der Waals surface area contributed by atoms with E-state index in [9.17, 15) is 4.79 Å². The number of aryl methyl sites for hydroxylation is 1. The molecule has 0 aliphatic carbocycles. The van der Waals surface area contributed by atoms with Gasteiger partial charge in [-0.2, -0.15) is 0 Å². The third-order valence-corrected chi connectivity index (χ3v) is 7.34. The van der Waals surface area contributed by atoms with E-state index in [0.29, 0.717) is 4.88 Å². The molecule has 1 fully saturated rings. The number of hydrogen-bond donors (Lipinski definition) is 1. The molecule has 6 rings (SSSR count). The molecule has 5 aromatic rings. The predicted octanol–water partition coefficient (Wildman–Crippen LogP) is 4.98. The van der Waals surface area contributed by atoms with Crippen LogP contribution in [-0.4, -0.2) is 62.0 Å². The number of carbonyl (C=O) groups excluding carboxylic acids is 1. The quantitative estimate of drug-likeness (QED) is 0.343. The molecule has 0 unspecified atom stereocenters. The Kier molecular flexibility index (Phi) is 5.79. The van der Waals surface area contributed by atoms with Crippen LogP contribution in [0.3, 0.4) is 0 Å². The number of aromatic nitrogens is 5. The van der Waals surface area contributed by atoms with E-state index in [4.69, 9.17) is 4.74 Å². The summed E-state index contributed by atoms with van der Waals surface area (Å²) in [4.78, 5) is 36.8. The molecule has 180 valence electrons. The lowest BCUT2D eigenvalue weighted by atomic mass is 10.0. The number of rotatable bonds is 5. The Morgan fingerprint density at radius 1 is 1.11 bits per heavy atom. The molecule has 1 aromatic carbocycles. The van der Waals surface area contributed by atoms with Crippen LogP contribution in [0, 0.1) is 6.92 Å². The third kappa shape index (κ3) is 4.38. The van der Waals surface area contributed by atoms with Crippen LogP contribution in [0.2, 0.25) is 0 Å². The Balaban J connectivity index is 1.29. The molecule has 0 bridgehead atoms. The standard InChI is InChI=1S/C27H24N6O2S/c1-16-4-3-5-22(32-16)25-24(30-15-31-25)17-6-7-21-18(10-17)11-19(12-28-21)26-29-13-23(36-26)27(34)35-20-8-9-33(2)14-20/h3-7,10-13,15,20H,8-9,14H2,1-2H3,(H,30,31)/t20-/m0/s1. The van der Waals surface area contributed by atoms with E-state index >= 15 is 0 Å². The summed E-state index contributed by atoms with van der Waals surface area (Å²) in [6, 6.07) is 14.1. The van der Waals surface area contributed by atoms with Crippen molar-refractivity contribution in [2.24, 2.45) is 0 Å². The molecular weight excluding hydrogens is 472 g/mol. The number of nitrogens with zero attached hydrogens (tertiary/aromatic N) is 5. The number of pyridine rings is 2. The lowest BCUT2D eigenvalue weighted by molar-refractivity contribution is 0.0332. The molecule has 8 nitrogen and oxygen atoms in total. The number of H-pyrrole nitrogens is 1. The normalized spacial score (nSPS) is 16.0. The molecule has 1 aliphatic heterocycles. The number of ether oxygens (including phenoxy) is 1. The van der Waals surface area contributed by atoms with Crippen LogP contribution in [0.5, 0.6) is 0 Å². The monoisotopic (exact) mass is 496 g/mol. The first-order valence-electron chi connectivity index (χ1n) is 11.8. The molecule has 36 heavy (non-hydrogen) atoms. The summed E-state index contributed by atoms with van der Waals surface area (Å²) < 4.78 is 5.66. The molecule has 1 saturated heterocycles. The number of fused-ring (bicyclic) bond motifs is 1. The van der Waals surface area contributed by atoms with Gasteiger partial charge in [0.05, 0.1) is 35.1 Å². The number of likely N-dealkylation sites (N-methyl/N-ethyl adjacent to an activating group) is 1. The van der Waals surface area contributed by atoms with Crippen LogP contribution in [0.1, 0.15) is 21.8 Å². The van der Waals surface area contributed by atoms with E-state index < -0.39 is 0 Å². The largest absolute Gasteiger partial charge is 0.457 e. The van der Waals surface area contributed by atoms with Gasteiger partial charge in [0, 0.05) is 41.5 Å². The fourth-order valence-corrected chi connectivity index (χ4v) is 5.27. The van der Waals surface area contributed by atoms with Crippen molar-refractivity contribution < 1.29 is 9.53 Å². The summed E-state index contributed by atoms with van der Waals surface area (Å²) in [7, 11) is 2.03. The van der Waals surface area contributed by atoms with Gasteiger partial charge in [-0.15, -0.1) is 11.3 Å². The number of hydrogen-bond acceptors (Lipinski definition) is 8. The summed E-state index contributed by atoms with van der Waals surface area (Å²) in [5.74, 6) is -0.314. The highest BCUT2D eigenvalue weighted by molar-refractivity contribution is 7.16. The maximum atomic E-state index is 12.6. The smallest absolute Gasteiger partial charge is 0.350 e. The Morgan fingerprint density at radius 3 is 2.83 bits per heavy atom. The second-order valence-electron chi connectivity index (χ2n) is 9.03. The van der Waals surface area contributed by atoms with Gasteiger partial charge in [-0.25, -0.2) is 14.8 Å². The minimum absolute atomic E-state index is 0.0595. The SMILES string of the molecule is Cc1cccc(-c2[nH]cnc2-c2ccc3ncc(-c4ncc(C(=O)O[C@H]5CCN(C)C5)s4)cc3c2)n1. The van der Waals surface area contributed by atoms with Crippen molar-refractivity contribution in [2.75, 3.05) is 20.1 Å². The second-order valence-corrected chi connectivity index (χ2v) is 10.1. The molecule has 0 radical (unpaired) electrons. The van der Waals surface area contributed by atoms with Crippen molar-refractivity contribution >= 4 is 28.2 Å². The summed E-state index contributed by atoms with van der Waals surface area (Å²) >= 11 is 1.32. The molecule has 0 amide bonds. The third-order valence-electron chi connectivity index (χ3n) is 6.31. The van der Waals surface area contributed by atoms with E-state index in [0.717, 1.165) is 69.3 Å². The number of imidazole rings is 1. The fraction of sp³-hybridized carbons (Fsp3) is 0.222. The molecule has 1 aliphatic rings. The first-order valence-corrected chi connectivity index (χ1v) is 12.6. The van der Waals surface area contributed by atoms with Crippen molar-refractivity contribution in [2.45, 2.75) is 19.4 Å². The van der Waals surface area contributed by atoms with E-state index in [-0.39, 0.29) is 12.1 Å². The zero-order chi connectivity index (χ0) is 24.6. The highest BCUT2D eigenvalue weighted by Crippen LogP contribution is 2.32. The van der Waals surface area contributed by atoms with Crippen molar-refractivity contribution in [3.63, 3.8) is 0 Å². The Hall–Kier alpha value is -3.95. The van der Waals surface area contributed by atoms with Crippen LogP contribution >= 0.6 is 11.3 Å². The predicted molar refractivity (Wildman–Crippen MR) is 140 cm³/mol. The molecule has 1 atom stereocenters. The van der Waals surface area contributed by atoms with Crippen LogP contribution in [0.4, 0.5) is 0 Å². The zero-order valence-electron chi connectivity index (χ0n) is 19.9. The molecular formula is C27H24N6O2S. The van der Waals surface area contributed by atoms with Gasteiger partial charge in [-0.05, 0) is 50.7 Å². The summed E-state index contributed by atoms with van der Waals surface area (Å²) in [5, 5.41) is 1.69. The van der Waals surface area contributed by atoms with Crippen molar-refractivity contribution in [3.8, 4) is 33.2 Å². The summed E-state index contributed by atoms with van der Waals surface area (Å²) in [6.45, 7) is 3.68. The number of aromatic amines is 1. The summed E-state index contributed by atoms with van der Waals surface area (Å²) in [6.07, 6.45) is 5.87. The van der Waals surface area contributed by atoms with Gasteiger partial charge < -0.3 is 14.6 Å². The highest BCUT2D eigenvalue weighted by atomic mass is 32.1. The Bertz CT molecular complexity index is 1580. The topological polar surface area (TPSA) is 96.9 Å². The van der Waals surface area contributed by atoms with Crippen LogP contribution < -0.4 is 0 Å². The second kappa shape index (κ2) is 9.25. The van der Waals surface area contributed by atoms with Crippen molar-refractivity contribution in [1.29, 1.82) is 0 Å². The van der Waals surface area contributed by atoms with E-state index in [1.807, 2.05) is 50.4 Å². The van der Waals surface area contributed by atoms with Crippen LogP contribution in [0.15, 0.2) is 61.2 Å². The lowest BCUT2D eigenvalue weighted by Crippen LogP contribution is -2.21. The lowest BCUT2D eigenvalue weighted by Gasteiger charge is -2.10. The number of esters is 1. The Morgan fingerprint density at radius 2 is 2.00 bits per heavy atom. The van der Waals surface area contributed by atoms with E-state index in [1.54, 1.807) is 18.7 Å². The van der Waals surface area contributed by atoms with Crippen molar-refractivity contribution in [3.05, 3.63) is 71.8 Å². The molecule has 4 aromatic heterocycles. The number of nitrogens with one attached hydrogen (secondary N) is 1. The molecule has 5 heterocycles. The number of likely N-dealkylation sites (tertiary alicyclic amines) is 1. The average Bonchev–Trinajstić information content (AvgIpc) is 3.64. The minimum Gasteiger partial charge on any atom is -0.457 e. The van der Waals surface area contributed by atoms with E-state index in [1.165, 1.54) is 11.3 Å². The van der Waals surface area contributed by atoms with Crippen LogP contribution in [-0.2, 0) is 4.74 Å². The Labute approximate surface area is 212 Å².